The van der Waals surface area contributed by atoms with Crippen LogP contribution in [0.1, 0.15) is 5.56 Å². The van der Waals surface area contributed by atoms with Gasteiger partial charge in [-0.2, -0.15) is 0 Å². The first-order chi connectivity index (χ1) is 6.25. The summed E-state index contributed by atoms with van der Waals surface area (Å²) >= 11 is 0. The van der Waals surface area contributed by atoms with E-state index in [1.54, 1.807) is 12.1 Å². The first-order valence-electron chi connectivity index (χ1n) is 4.17. The van der Waals surface area contributed by atoms with Crippen molar-refractivity contribution in [2.24, 2.45) is 0 Å². The van der Waals surface area contributed by atoms with Gasteiger partial charge < -0.3 is 4.98 Å². The molecule has 1 N–H and O–H groups in total. The number of rotatable bonds is 1. The highest BCUT2D eigenvalue weighted by Crippen LogP contribution is 2.18. The average molecular weight is 175 g/mol. The van der Waals surface area contributed by atoms with E-state index in [2.05, 4.69) is 4.98 Å². The van der Waals surface area contributed by atoms with Crippen molar-refractivity contribution in [1.82, 2.24) is 4.98 Å². The molecule has 0 aliphatic heterocycles. The fraction of sp³-hybridized carbons (Fsp3) is 0.0909. The number of aromatic amines is 1. The van der Waals surface area contributed by atoms with E-state index in [9.17, 15) is 4.39 Å². The van der Waals surface area contributed by atoms with Crippen molar-refractivity contribution in [1.29, 1.82) is 0 Å². The zero-order valence-electron chi connectivity index (χ0n) is 7.34. The zero-order valence-corrected chi connectivity index (χ0v) is 7.34. The third kappa shape index (κ3) is 1.61. The minimum Gasteiger partial charge on any atom is -0.361 e. The van der Waals surface area contributed by atoms with Gasteiger partial charge >= 0.3 is 0 Å². The Morgan fingerprint density at radius 2 is 1.85 bits per heavy atom. The van der Waals surface area contributed by atoms with Gasteiger partial charge in [-0.25, -0.2) is 4.39 Å². The molecule has 0 saturated heterocycles. The SMILES string of the molecule is Cc1c[nH]c(-c2ccc(F)cc2)c1. The molecule has 0 radical (unpaired) electrons. The first kappa shape index (κ1) is 8.05. The highest BCUT2D eigenvalue weighted by molar-refractivity contribution is 5.59. The summed E-state index contributed by atoms with van der Waals surface area (Å²) in [6.07, 6.45) is 1.93. The lowest BCUT2D eigenvalue weighted by Crippen LogP contribution is -1.77. The van der Waals surface area contributed by atoms with Crippen LogP contribution >= 0.6 is 0 Å². The quantitative estimate of drug-likeness (QED) is 0.685. The number of hydrogen-bond acceptors (Lipinski definition) is 0. The highest BCUT2D eigenvalue weighted by atomic mass is 19.1. The van der Waals surface area contributed by atoms with Crippen molar-refractivity contribution in [3.8, 4) is 11.3 Å². The van der Waals surface area contributed by atoms with E-state index in [0.29, 0.717) is 0 Å². The van der Waals surface area contributed by atoms with Crippen molar-refractivity contribution in [3.63, 3.8) is 0 Å². The molecule has 0 aliphatic carbocycles. The normalized spacial score (nSPS) is 10.3. The Kier molecular flexibility index (Phi) is 1.89. The van der Waals surface area contributed by atoms with Crippen LogP contribution < -0.4 is 0 Å². The minimum absolute atomic E-state index is 0.202. The maximum atomic E-state index is 12.6. The maximum absolute atomic E-state index is 12.6. The van der Waals surface area contributed by atoms with Crippen LogP contribution in [0.4, 0.5) is 4.39 Å². The molecular weight excluding hydrogens is 165 g/mol. The van der Waals surface area contributed by atoms with Gasteiger partial charge in [0.2, 0.25) is 0 Å². The lowest BCUT2D eigenvalue weighted by molar-refractivity contribution is 0.628. The van der Waals surface area contributed by atoms with Crippen molar-refractivity contribution < 1.29 is 4.39 Å². The van der Waals surface area contributed by atoms with Gasteiger partial charge in [-0.3, -0.25) is 0 Å². The number of benzene rings is 1. The second kappa shape index (κ2) is 3.05. The molecule has 0 amide bonds. The van der Waals surface area contributed by atoms with Crippen LogP contribution in [-0.2, 0) is 0 Å². The second-order valence-corrected chi connectivity index (χ2v) is 3.10. The molecule has 1 heterocycles. The van der Waals surface area contributed by atoms with Gasteiger partial charge in [-0.15, -0.1) is 0 Å². The third-order valence-electron chi connectivity index (χ3n) is 1.98. The molecule has 66 valence electrons. The summed E-state index contributed by atoms with van der Waals surface area (Å²) in [6.45, 7) is 2.02. The largest absolute Gasteiger partial charge is 0.361 e. The van der Waals surface area contributed by atoms with E-state index in [1.165, 1.54) is 17.7 Å². The number of H-pyrrole nitrogens is 1. The maximum Gasteiger partial charge on any atom is 0.123 e. The number of aryl methyl sites for hydroxylation is 1. The molecule has 0 aliphatic rings. The van der Waals surface area contributed by atoms with Gasteiger partial charge in [0.25, 0.3) is 0 Å². The zero-order chi connectivity index (χ0) is 9.26. The van der Waals surface area contributed by atoms with Crippen LogP contribution in [0.2, 0.25) is 0 Å². The van der Waals surface area contributed by atoms with Gasteiger partial charge in [0.1, 0.15) is 5.82 Å². The average Bonchev–Trinajstić information content (AvgIpc) is 2.53. The summed E-state index contributed by atoms with van der Waals surface area (Å²) in [5.41, 5.74) is 3.21. The molecule has 0 spiro atoms. The summed E-state index contributed by atoms with van der Waals surface area (Å²) in [6, 6.07) is 8.49. The van der Waals surface area contributed by atoms with Crippen molar-refractivity contribution >= 4 is 0 Å². The second-order valence-electron chi connectivity index (χ2n) is 3.10. The van der Waals surface area contributed by atoms with E-state index < -0.39 is 0 Å². The van der Waals surface area contributed by atoms with Gasteiger partial charge in [0, 0.05) is 11.9 Å². The summed E-state index contributed by atoms with van der Waals surface area (Å²) in [4.78, 5) is 3.12. The predicted octanol–water partition coefficient (Wildman–Crippen LogP) is 3.13. The van der Waals surface area contributed by atoms with E-state index in [-0.39, 0.29) is 5.82 Å². The number of halogens is 1. The Morgan fingerprint density at radius 1 is 1.15 bits per heavy atom. The molecule has 1 aromatic carbocycles. The molecular formula is C11H10FN. The fourth-order valence-corrected chi connectivity index (χ4v) is 1.30. The molecule has 0 fully saturated rings. The van der Waals surface area contributed by atoms with Crippen LogP contribution in [0, 0.1) is 12.7 Å². The molecule has 1 aromatic heterocycles. The van der Waals surface area contributed by atoms with E-state index in [0.717, 1.165) is 11.3 Å². The molecule has 2 heteroatoms. The summed E-state index contributed by atoms with van der Waals surface area (Å²) in [5.74, 6) is -0.202. The molecule has 2 rings (SSSR count). The van der Waals surface area contributed by atoms with E-state index in [4.69, 9.17) is 0 Å². The molecule has 2 aromatic rings. The van der Waals surface area contributed by atoms with Gasteiger partial charge in [-0.1, -0.05) is 0 Å². The fourth-order valence-electron chi connectivity index (χ4n) is 1.30. The standard InChI is InChI=1S/C11H10FN/c1-8-6-11(13-7-8)9-2-4-10(12)5-3-9/h2-7,13H,1H3. The Bertz CT molecular complexity index is 400. The van der Waals surface area contributed by atoms with Gasteiger partial charge in [0.05, 0.1) is 0 Å². The van der Waals surface area contributed by atoms with Crippen molar-refractivity contribution in [2.45, 2.75) is 6.92 Å². The van der Waals surface area contributed by atoms with Gasteiger partial charge in [-0.05, 0) is 48.4 Å². The Hall–Kier alpha value is -1.57. The lowest BCUT2D eigenvalue weighted by atomic mass is 10.1. The predicted molar refractivity (Wildman–Crippen MR) is 50.9 cm³/mol. The Morgan fingerprint density at radius 3 is 2.38 bits per heavy atom. The summed E-state index contributed by atoms with van der Waals surface area (Å²) < 4.78 is 12.6. The van der Waals surface area contributed by atoms with Gasteiger partial charge in [0.15, 0.2) is 0 Å². The smallest absolute Gasteiger partial charge is 0.123 e. The lowest BCUT2D eigenvalue weighted by Gasteiger charge is -1.96. The summed E-state index contributed by atoms with van der Waals surface area (Å²) in [5, 5.41) is 0. The molecule has 0 bridgehead atoms. The van der Waals surface area contributed by atoms with Crippen LogP contribution in [0.25, 0.3) is 11.3 Å². The van der Waals surface area contributed by atoms with Crippen LogP contribution in [0.5, 0.6) is 0 Å². The van der Waals surface area contributed by atoms with E-state index in [1.807, 2.05) is 19.2 Å². The molecule has 13 heavy (non-hydrogen) atoms. The van der Waals surface area contributed by atoms with Crippen LogP contribution in [0.3, 0.4) is 0 Å². The number of hydrogen-bond donors (Lipinski definition) is 1. The van der Waals surface area contributed by atoms with Crippen molar-refractivity contribution in [3.05, 3.63) is 47.9 Å². The molecule has 0 atom stereocenters. The molecule has 0 saturated carbocycles. The van der Waals surface area contributed by atoms with Crippen molar-refractivity contribution in [2.75, 3.05) is 0 Å². The summed E-state index contributed by atoms with van der Waals surface area (Å²) in [7, 11) is 0. The Balaban J connectivity index is 2.41. The number of nitrogens with one attached hydrogen (secondary N) is 1. The first-order valence-corrected chi connectivity index (χ1v) is 4.17. The topological polar surface area (TPSA) is 15.8 Å². The number of aromatic nitrogens is 1. The van der Waals surface area contributed by atoms with Crippen LogP contribution in [-0.4, -0.2) is 4.98 Å². The molecule has 1 nitrogen and oxygen atoms in total. The minimum atomic E-state index is -0.202. The molecule has 0 unspecified atom stereocenters. The Labute approximate surface area is 76.2 Å². The highest BCUT2D eigenvalue weighted by Gasteiger charge is 1.98. The van der Waals surface area contributed by atoms with Crippen LogP contribution in [0.15, 0.2) is 36.5 Å². The van der Waals surface area contributed by atoms with E-state index >= 15 is 0 Å². The third-order valence-corrected chi connectivity index (χ3v) is 1.98. The monoisotopic (exact) mass is 175 g/mol.